The van der Waals surface area contributed by atoms with E-state index in [4.69, 9.17) is 0 Å². The molecule has 0 aromatic rings. The Balaban J connectivity index is 1.92. The summed E-state index contributed by atoms with van der Waals surface area (Å²) in [6.45, 7) is 0.970. The Morgan fingerprint density at radius 2 is 2.43 bits per heavy atom. The highest BCUT2D eigenvalue weighted by atomic mass is 16.1. The molecule has 3 aliphatic rings. The van der Waals surface area contributed by atoms with E-state index in [1.54, 1.807) is 0 Å². The number of aliphatic imine (C=N–C) groups is 1. The summed E-state index contributed by atoms with van der Waals surface area (Å²) < 4.78 is 0. The van der Waals surface area contributed by atoms with Crippen LogP contribution in [0.25, 0.3) is 0 Å². The van der Waals surface area contributed by atoms with Crippen LogP contribution in [0.3, 0.4) is 0 Å². The monoisotopic (exact) mass is 191 g/mol. The van der Waals surface area contributed by atoms with Crippen molar-refractivity contribution in [2.75, 3.05) is 6.54 Å². The third kappa shape index (κ3) is 1.14. The van der Waals surface area contributed by atoms with Crippen molar-refractivity contribution in [2.24, 2.45) is 10.9 Å². The first-order chi connectivity index (χ1) is 6.86. The van der Waals surface area contributed by atoms with Crippen molar-refractivity contribution in [3.63, 3.8) is 0 Å². The van der Waals surface area contributed by atoms with Gasteiger partial charge in [0.15, 0.2) is 0 Å². The zero-order valence-corrected chi connectivity index (χ0v) is 7.86. The second kappa shape index (κ2) is 3.00. The van der Waals surface area contributed by atoms with Gasteiger partial charge in [0.1, 0.15) is 6.29 Å². The predicted octanol–water partition coefficient (Wildman–Crippen LogP) is -0.179. The van der Waals surface area contributed by atoms with Crippen LogP contribution in [0, 0.1) is 5.92 Å². The molecule has 0 amide bonds. The third-order valence-corrected chi connectivity index (χ3v) is 3.35. The van der Waals surface area contributed by atoms with E-state index in [9.17, 15) is 4.79 Å². The standard InChI is InChI=1S/C10H13N3O/c14-5-6-1-7-3-10-8(4-11-13-10)9(2-6)12-7/h1,5,8-11,13H,2-4H2. The van der Waals surface area contributed by atoms with E-state index in [1.807, 2.05) is 6.08 Å². The Morgan fingerprint density at radius 3 is 3.29 bits per heavy atom. The molecule has 0 aromatic carbocycles. The average molecular weight is 191 g/mol. The van der Waals surface area contributed by atoms with Crippen molar-refractivity contribution < 1.29 is 4.79 Å². The van der Waals surface area contributed by atoms with Gasteiger partial charge in [-0.25, -0.2) is 0 Å². The Morgan fingerprint density at radius 1 is 1.50 bits per heavy atom. The van der Waals surface area contributed by atoms with Gasteiger partial charge in [0, 0.05) is 30.6 Å². The lowest BCUT2D eigenvalue weighted by Gasteiger charge is -2.33. The van der Waals surface area contributed by atoms with Gasteiger partial charge in [0.25, 0.3) is 0 Å². The number of fused-ring (bicyclic) bond motifs is 3. The van der Waals surface area contributed by atoms with Gasteiger partial charge in [0.2, 0.25) is 0 Å². The summed E-state index contributed by atoms with van der Waals surface area (Å²) in [4.78, 5) is 15.4. The molecule has 3 heterocycles. The van der Waals surface area contributed by atoms with Gasteiger partial charge in [-0.05, 0) is 18.1 Å². The lowest BCUT2D eigenvalue weighted by molar-refractivity contribution is -0.105. The van der Waals surface area contributed by atoms with E-state index >= 15 is 0 Å². The lowest BCUT2D eigenvalue weighted by atomic mass is 9.81. The molecule has 1 saturated heterocycles. The molecule has 2 bridgehead atoms. The van der Waals surface area contributed by atoms with Crippen LogP contribution in [-0.4, -0.2) is 30.6 Å². The van der Waals surface area contributed by atoms with Gasteiger partial charge < -0.3 is 0 Å². The van der Waals surface area contributed by atoms with Crippen molar-refractivity contribution in [1.29, 1.82) is 0 Å². The SMILES string of the molecule is O=CC1=CC2=NC(C1)C1CNNC1C2. The minimum atomic E-state index is 0.316. The molecular weight excluding hydrogens is 178 g/mol. The van der Waals surface area contributed by atoms with Crippen LogP contribution in [0.1, 0.15) is 12.8 Å². The van der Waals surface area contributed by atoms with Crippen molar-refractivity contribution in [1.82, 2.24) is 10.9 Å². The molecule has 0 spiro atoms. The van der Waals surface area contributed by atoms with Crippen molar-refractivity contribution >= 4 is 12.0 Å². The van der Waals surface area contributed by atoms with Crippen molar-refractivity contribution in [3.05, 3.63) is 11.6 Å². The number of hydrogen-bond donors (Lipinski definition) is 2. The number of dihydropyridines is 1. The van der Waals surface area contributed by atoms with Crippen LogP contribution >= 0.6 is 0 Å². The molecule has 14 heavy (non-hydrogen) atoms. The summed E-state index contributed by atoms with van der Waals surface area (Å²) in [5.74, 6) is 0.558. The Labute approximate surface area is 82.4 Å². The number of rotatable bonds is 1. The molecule has 0 aromatic heterocycles. The predicted molar refractivity (Wildman–Crippen MR) is 53.0 cm³/mol. The summed E-state index contributed by atoms with van der Waals surface area (Å²) in [5.41, 5.74) is 8.44. The first kappa shape index (κ1) is 8.32. The molecule has 3 rings (SSSR count). The average Bonchev–Trinajstić information content (AvgIpc) is 2.65. The van der Waals surface area contributed by atoms with Gasteiger partial charge in [0.05, 0.1) is 6.04 Å². The number of hydrogen-bond acceptors (Lipinski definition) is 4. The maximum atomic E-state index is 10.7. The van der Waals surface area contributed by atoms with Gasteiger partial charge in [-0.3, -0.25) is 20.6 Å². The van der Waals surface area contributed by atoms with E-state index in [0.29, 0.717) is 18.0 Å². The largest absolute Gasteiger partial charge is 0.298 e. The summed E-state index contributed by atoms with van der Waals surface area (Å²) in [6.07, 6.45) is 4.68. The van der Waals surface area contributed by atoms with Crippen LogP contribution in [0.2, 0.25) is 0 Å². The highest BCUT2D eigenvalue weighted by Gasteiger charge is 2.39. The number of nitrogens with zero attached hydrogens (tertiary/aromatic N) is 1. The lowest BCUT2D eigenvalue weighted by Crippen LogP contribution is -2.42. The highest BCUT2D eigenvalue weighted by Crippen LogP contribution is 2.31. The maximum absolute atomic E-state index is 10.7. The summed E-state index contributed by atoms with van der Waals surface area (Å²) in [5, 5.41) is 0. The number of carbonyl (C=O) groups excluding carboxylic acids is 1. The minimum Gasteiger partial charge on any atom is -0.298 e. The van der Waals surface area contributed by atoms with Gasteiger partial charge >= 0.3 is 0 Å². The molecule has 3 atom stereocenters. The first-order valence-electron chi connectivity index (χ1n) is 5.07. The van der Waals surface area contributed by atoms with Crippen LogP contribution in [0.5, 0.6) is 0 Å². The smallest absolute Gasteiger partial charge is 0.146 e. The number of carbonyl (C=O) groups is 1. The topological polar surface area (TPSA) is 53.5 Å². The van der Waals surface area contributed by atoms with Crippen LogP contribution in [0.15, 0.2) is 16.6 Å². The Kier molecular flexibility index (Phi) is 1.78. The molecule has 0 saturated carbocycles. The molecule has 3 unspecified atom stereocenters. The highest BCUT2D eigenvalue weighted by molar-refractivity contribution is 6.01. The van der Waals surface area contributed by atoms with E-state index in [2.05, 4.69) is 15.8 Å². The number of nitrogens with one attached hydrogen (secondary N) is 2. The fraction of sp³-hybridized carbons (Fsp3) is 0.600. The third-order valence-electron chi connectivity index (χ3n) is 3.35. The molecule has 4 nitrogen and oxygen atoms in total. The van der Waals surface area contributed by atoms with E-state index in [-0.39, 0.29) is 0 Å². The molecule has 0 aliphatic carbocycles. The van der Waals surface area contributed by atoms with Crippen LogP contribution in [0.4, 0.5) is 0 Å². The zero-order chi connectivity index (χ0) is 9.54. The zero-order valence-electron chi connectivity index (χ0n) is 7.86. The fourth-order valence-corrected chi connectivity index (χ4v) is 2.64. The summed E-state index contributed by atoms with van der Waals surface area (Å²) >= 11 is 0. The molecule has 0 radical (unpaired) electrons. The number of allylic oxidation sites excluding steroid dienone is 1. The van der Waals surface area contributed by atoms with Gasteiger partial charge in [-0.15, -0.1) is 0 Å². The van der Waals surface area contributed by atoms with Gasteiger partial charge in [-0.2, -0.15) is 0 Å². The van der Waals surface area contributed by atoms with Crippen molar-refractivity contribution in [3.8, 4) is 0 Å². The molecule has 2 N–H and O–H groups in total. The minimum absolute atomic E-state index is 0.316. The molecule has 4 heteroatoms. The molecule has 3 aliphatic heterocycles. The summed E-state index contributed by atoms with van der Waals surface area (Å²) in [7, 11) is 0. The second-order valence-corrected chi connectivity index (χ2v) is 4.23. The molecule has 74 valence electrons. The normalized spacial score (nSPS) is 39.9. The number of aldehydes is 1. The van der Waals surface area contributed by atoms with Crippen LogP contribution in [-0.2, 0) is 4.79 Å². The van der Waals surface area contributed by atoms with Crippen LogP contribution < -0.4 is 10.9 Å². The fourth-order valence-electron chi connectivity index (χ4n) is 2.64. The second-order valence-electron chi connectivity index (χ2n) is 4.23. The first-order valence-corrected chi connectivity index (χ1v) is 5.07. The van der Waals surface area contributed by atoms with Crippen molar-refractivity contribution in [2.45, 2.75) is 24.9 Å². The van der Waals surface area contributed by atoms with E-state index < -0.39 is 0 Å². The summed E-state index contributed by atoms with van der Waals surface area (Å²) in [6, 6.07) is 0.827. The number of hydrazine groups is 1. The maximum Gasteiger partial charge on any atom is 0.146 e. The van der Waals surface area contributed by atoms with Gasteiger partial charge in [-0.1, -0.05) is 0 Å². The Hall–Kier alpha value is -1.00. The Bertz CT molecular complexity index is 334. The van der Waals surface area contributed by atoms with E-state index in [1.165, 1.54) is 0 Å². The quantitative estimate of drug-likeness (QED) is 0.565. The molecular formula is C10H13N3O. The molecule has 1 fully saturated rings. The van der Waals surface area contributed by atoms with E-state index in [0.717, 1.165) is 37.0 Å².